The number of nitrogens with zero attached hydrogens (tertiary/aromatic N) is 2. The smallest absolute Gasteiger partial charge is 0.245 e. The third kappa shape index (κ3) is 4.45. The SMILES string of the molecule is CCCNc1ccccc1S(=O)(=O)N(CC)CC(C)C#N. The number of hydrogen-bond acceptors (Lipinski definition) is 4. The van der Waals surface area contributed by atoms with Crippen LogP contribution in [0.3, 0.4) is 0 Å². The van der Waals surface area contributed by atoms with Gasteiger partial charge in [0.15, 0.2) is 0 Å². The monoisotopic (exact) mass is 309 g/mol. The molecule has 0 aromatic heterocycles. The van der Waals surface area contributed by atoms with Crippen LogP contribution in [0, 0.1) is 17.2 Å². The minimum Gasteiger partial charge on any atom is -0.384 e. The Labute approximate surface area is 127 Å². The maximum Gasteiger partial charge on any atom is 0.245 e. The summed E-state index contributed by atoms with van der Waals surface area (Å²) in [4.78, 5) is 0.269. The van der Waals surface area contributed by atoms with Crippen molar-refractivity contribution >= 4 is 15.7 Å². The molecule has 0 aliphatic heterocycles. The first kappa shape index (κ1) is 17.5. The Kier molecular flexibility index (Phi) is 6.66. The van der Waals surface area contributed by atoms with E-state index in [0.717, 1.165) is 6.42 Å². The fraction of sp³-hybridized carbons (Fsp3) is 0.533. The van der Waals surface area contributed by atoms with Gasteiger partial charge in [-0.15, -0.1) is 0 Å². The highest BCUT2D eigenvalue weighted by Gasteiger charge is 2.26. The Hall–Kier alpha value is -1.58. The van der Waals surface area contributed by atoms with Gasteiger partial charge >= 0.3 is 0 Å². The van der Waals surface area contributed by atoms with Gasteiger partial charge in [0.1, 0.15) is 4.90 Å². The van der Waals surface area contributed by atoms with Crippen LogP contribution in [0.2, 0.25) is 0 Å². The number of para-hydroxylation sites is 1. The summed E-state index contributed by atoms with van der Waals surface area (Å²) in [5, 5.41) is 12.0. The second-order valence-corrected chi connectivity index (χ2v) is 6.82. The van der Waals surface area contributed by atoms with E-state index in [-0.39, 0.29) is 17.4 Å². The lowest BCUT2D eigenvalue weighted by molar-refractivity contribution is 0.400. The fourth-order valence-corrected chi connectivity index (χ4v) is 3.69. The molecule has 5 nitrogen and oxygen atoms in total. The van der Waals surface area contributed by atoms with Gasteiger partial charge in [-0.25, -0.2) is 8.42 Å². The second-order valence-electron chi connectivity index (χ2n) is 4.91. The molecular formula is C15H23N3O2S. The van der Waals surface area contributed by atoms with Gasteiger partial charge in [0.25, 0.3) is 0 Å². The number of sulfonamides is 1. The van der Waals surface area contributed by atoms with Crippen LogP contribution in [0.25, 0.3) is 0 Å². The van der Waals surface area contributed by atoms with E-state index in [4.69, 9.17) is 5.26 Å². The third-order valence-electron chi connectivity index (χ3n) is 3.12. The lowest BCUT2D eigenvalue weighted by Gasteiger charge is -2.23. The second kappa shape index (κ2) is 8.01. The van der Waals surface area contributed by atoms with Crippen molar-refractivity contribution in [3.05, 3.63) is 24.3 Å². The molecule has 0 heterocycles. The Morgan fingerprint density at radius 2 is 2.00 bits per heavy atom. The van der Waals surface area contributed by atoms with Crippen LogP contribution in [-0.2, 0) is 10.0 Å². The quantitative estimate of drug-likeness (QED) is 0.801. The molecule has 0 amide bonds. The van der Waals surface area contributed by atoms with Gasteiger partial charge in [-0.2, -0.15) is 9.57 Å². The zero-order valence-corrected chi connectivity index (χ0v) is 13.7. The summed E-state index contributed by atoms with van der Waals surface area (Å²) in [7, 11) is -3.60. The summed E-state index contributed by atoms with van der Waals surface area (Å²) in [6.07, 6.45) is 0.914. The maximum absolute atomic E-state index is 12.8. The van der Waals surface area contributed by atoms with E-state index >= 15 is 0 Å². The molecule has 6 heteroatoms. The molecule has 1 rings (SSSR count). The first-order chi connectivity index (χ1) is 9.97. The van der Waals surface area contributed by atoms with Gasteiger partial charge in [0.2, 0.25) is 10.0 Å². The molecule has 0 radical (unpaired) electrons. The van der Waals surface area contributed by atoms with Crippen molar-refractivity contribution < 1.29 is 8.42 Å². The highest BCUT2D eigenvalue weighted by molar-refractivity contribution is 7.89. The first-order valence-electron chi connectivity index (χ1n) is 7.20. The van der Waals surface area contributed by atoms with Gasteiger partial charge in [0, 0.05) is 19.6 Å². The molecular weight excluding hydrogens is 286 g/mol. The number of nitrogens with one attached hydrogen (secondary N) is 1. The van der Waals surface area contributed by atoms with Crippen molar-refractivity contribution in [3.63, 3.8) is 0 Å². The predicted octanol–water partition coefficient (Wildman–Crippen LogP) is 2.68. The number of anilines is 1. The first-order valence-corrected chi connectivity index (χ1v) is 8.64. The topological polar surface area (TPSA) is 73.2 Å². The van der Waals surface area contributed by atoms with Crippen molar-refractivity contribution in [2.75, 3.05) is 25.0 Å². The van der Waals surface area contributed by atoms with Crippen LogP contribution < -0.4 is 5.32 Å². The molecule has 1 N–H and O–H groups in total. The van der Waals surface area contributed by atoms with Crippen LogP contribution >= 0.6 is 0 Å². The zero-order chi connectivity index (χ0) is 15.9. The Morgan fingerprint density at radius 1 is 1.33 bits per heavy atom. The highest BCUT2D eigenvalue weighted by Crippen LogP contribution is 2.25. The van der Waals surface area contributed by atoms with Crippen LogP contribution in [-0.4, -0.2) is 32.4 Å². The van der Waals surface area contributed by atoms with Gasteiger partial charge in [-0.1, -0.05) is 26.0 Å². The van der Waals surface area contributed by atoms with Gasteiger partial charge < -0.3 is 5.32 Å². The third-order valence-corrected chi connectivity index (χ3v) is 5.12. The Morgan fingerprint density at radius 3 is 2.57 bits per heavy atom. The molecule has 0 aliphatic carbocycles. The van der Waals surface area contributed by atoms with Crippen molar-refractivity contribution in [2.45, 2.75) is 32.1 Å². The molecule has 21 heavy (non-hydrogen) atoms. The van der Waals surface area contributed by atoms with Crippen LogP contribution in [0.15, 0.2) is 29.2 Å². The summed E-state index contributed by atoms with van der Waals surface area (Å²) in [5.41, 5.74) is 0.613. The van der Waals surface area contributed by atoms with Gasteiger partial charge in [-0.3, -0.25) is 0 Å². The molecule has 0 spiro atoms. The number of hydrogen-bond donors (Lipinski definition) is 1. The predicted molar refractivity (Wildman–Crippen MR) is 84.4 cm³/mol. The Bertz CT molecular complexity index is 593. The van der Waals surface area contributed by atoms with E-state index < -0.39 is 10.0 Å². The normalized spacial score (nSPS) is 12.9. The molecule has 1 aromatic rings. The Balaban J connectivity index is 3.14. The van der Waals surface area contributed by atoms with E-state index in [2.05, 4.69) is 11.4 Å². The van der Waals surface area contributed by atoms with E-state index in [1.165, 1.54) is 4.31 Å². The molecule has 1 aromatic carbocycles. The number of nitriles is 1. The molecule has 1 unspecified atom stereocenters. The van der Waals surface area contributed by atoms with Gasteiger partial charge in [0.05, 0.1) is 17.7 Å². The zero-order valence-electron chi connectivity index (χ0n) is 12.8. The van der Waals surface area contributed by atoms with E-state index in [0.29, 0.717) is 18.8 Å². The molecule has 1 atom stereocenters. The van der Waals surface area contributed by atoms with Crippen LogP contribution in [0.4, 0.5) is 5.69 Å². The van der Waals surface area contributed by atoms with E-state index in [9.17, 15) is 8.42 Å². The maximum atomic E-state index is 12.8. The average molecular weight is 309 g/mol. The largest absolute Gasteiger partial charge is 0.384 e. The summed E-state index contributed by atoms with van der Waals surface area (Å²) >= 11 is 0. The van der Waals surface area contributed by atoms with Crippen molar-refractivity contribution in [1.82, 2.24) is 4.31 Å². The van der Waals surface area contributed by atoms with Crippen molar-refractivity contribution in [3.8, 4) is 6.07 Å². The number of rotatable bonds is 8. The van der Waals surface area contributed by atoms with Gasteiger partial charge in [-0.05, 0) is 25.5 Å². The summed E-state index contributed by atoms with van der Waals surface area (Å²) in [6.45, 7) is 6.79. The molecule has 0 saturated carbocycles. The summed E-state index contributed by atoms with van der Waals surface area (Å²) < 4.78 is 26.9. The lowest BCUT2D eigenvalue weighted by atomic mass is 10.2. The van der Waals surface area contributed by atoms with Crippen LogP contribution in [0.5, 0.6) is 0 Å². The molecule has 0 bridgehead atoms. The van der Waals surface area contributed by atoms with E-state index in [1.807, 2.05) is 13.0 Å². The molecule has 0 saturated heterocycles. The van der Waals surface area contributed by atoms with Crippen molar-refractivity contribution in [1.29, 1.82) is 5.26 Å². The fourth-order valence-electron chi connectivity index (χ4n) is 1.98. The highest BCUT2D eigenvalue weighted by atomic mass is 32.2. The minimum atomic E-state index is -3.60. The summed E-state index contributed by atoms with van der Waals surface area (Å²) in [6, 6.07) is 8.98. The lowest BCUT2D eigenvalue weighted by Crippen LogP contribution is -2.34. The van der Waals surface area contributed by atoms with E-state index in [1.54, 1.807) is 32.0 Å². The summed E-state index contributed by atoms with van der Waals surface area (Å²) in [5.74, 6) is -0.338. The standard InChI is InChI=1S/C15H23N3O2S/c1-4-10-17-14-8-6-7-9-15(14)21(19,20)18(5-2)12-13(3)11-16/h6-9,13,17H,4-5,10,12H2,1-3H3. The molecule has 116 valence electrons. The molecule has 0 aliphatic rings. The minimum absolute atomic E-state index is 0.206. The number of benzene rings is 1. The van der Waals surface area contributed by atoms with Crippen LogP contribution in [0.1, 0.15) is 27.2 Å². The average Bonchev–Trinajstić information content (AvgIpc) is 2.50. The van der Waals surface area contributed by atoms with Crippen molar-refractivity contribution in [2.24, 2.45) is 5.92 Å². The molecule has 0 fully saturated rings.